The number of hydrogen-bond donors (Lipinski definition) is 0. The third kappa shape index (κ3) is 5.99. The van der Waals surface area contributed by atoms with Gasteiger partial charge in [0.15, 0.2) is 0 Å². The second-order valence-corrected chi connectivity index (χ2v) is 5.87. The van der Waals surface area contributed by atoms with E-state index in [2.05, 4.69) is 11.8 Å². The molecule has 3 heteroatoms. The van der Waals surface area contributed by atoms with E-state index < -0.39 is 0 Å². The van der Waals surface area contributed by atoms with Gasteiger partial charge in [0.2, 0.25) is 5.78 Å². The van der Waals surface area contributed by atoms with E-state index >= 15 is 0 Å². The number of ketones is 1. The molecule has 0 heterocycles. The third-order valence-corrected chi connectivity index (χ3v) is 3.92. The van der Waals surface area contributed by atoms with E-state index in [1.807, 2.05) is 91.9 Å². The van der Waals surface area contributed by atoms with Gasteiger partial charge in [-0.25, -0.2) is 12.1 Å². The molecule has 0 fully saturated rings. The van der Waals surface area contributed by atoms with Crippen molar-refractivity contribution in [2.45, 2.75) is 6.92 Å². The largest absolute Gasteiger partial charge is 2.00 e. The normalized spacial score (nSPS) is 9.32. The van der Waals surface area contributed by atoms with Gasteiger partial charge in [0.25, 0.3) is 0 Å². The SMILES string of the molecule is CCOc1ccc2cc(C(=O)C#Cc3ccc[cH-]3)ccc2c1.[Fe+2].c1cc[cH-]c1. The number of hydrogen-bond acceptors (Lipinski definition) is 2. The zero-order valence-corrected chi connectivity index (χ0v) is 16.6. The Morgan fingerprint density at radius 3 is 2.36 bits per heavy atom. The Morgan fingerprint density at radius 2 is 1.71 bits per heavy atom. The molecule has 0 atom stereocenters. The van der Waals surface area contributed by atoms with Crippen LogP contribution in [0, 0.1) is 11.8 Å². The Balaban J connectivity index is 0.000000408. The fourth-order valence-electron chi connectivity index (χ4n) is 2.60. The van der Waals surface area contributed by atoms with Crippen LogP contribution in [0.1, 0.15) is 22.8 Å². The van der Waals surface area contributed by atoms with Crippen LogP contribution in [0.25, 0.3) is 10.8 Å². The van der Waals surface area contributed by atoms with Gasteiger partial charge in [0.05, 0.1) is 6.61 Å². The number of carbonyl (C=O) groups is 1. The third-order valence-electron chi connectivity index (χ3n) is 3.92. The van der Waals surface area contributed by atoms with Gasteiger partial charge in [-0.2, -0.15) is 42.3 Å². The van der Waals surface area contributed by atoms with Crippen LogP contribution in [0.4, 0.5) is 0 Å². The maximum Gasteiger partial charge on any atom is 2.00 e. The molecule has 4 rings (SSSR count). The van der Waals surface area contributed by atoms with Gasteiger partial charge in [0.1, 0.15) is 5.75 Å². The van der Waals surface area contributed by atoms with Gasteiger partial charge in [0, 0.05) is 5.56 Å². The second-order valence-electron chi connectivity index (χ2n) is 5.87. The van der Waals surface area contributed by atoms with Crippen molar-refractivity contribution in [3.63, 3.8) is 0 Å². The quantitative estimate of drug-likeness (QED) is 0.191. The summed E-state index contributed by atoms with van der Waals surface area (Å²) in [6.45, 7) is 2.59. The first-order chi connectivity index (χ1) is 13.3. The van der Waals surface area contributed by atoms with E-state index in [1.165, 1.54) is 0 Å². The molecule has 0 aliphatic carbocycles. The van der Waals surface area contributed by atoms with Gasteiger partial charge >= 0.3 is 17.1 Å². The first kappa shape index (κ1) is 21.3. The zero-order chi connectivity index (χ0) is 18.9. The monoisotopic (exact) mass is 408 g/mol. The average Bonchev–Trinajstić information content (AvgIpc) is 3.42. The maximum atomic E-state index is 12.2. The fourth-order valence-corrected chi connectivity index (χ4v) is 2.60. The summed E-state index contributed by atoms with van der Waals surface area (Å²) in [6, 6.07) is 29.0. The number of carbonyl (C=O) groups excluding carboxylic acids is 1. The molecule has 0 saturated carbocycles. The predicted molar refractivity (Wildman–Crippen MR) is 110 cm³/mol. The molecular weight excluding hydrogens is 388 g/mol. The summed E-state index contributed by atoms with van der Waals surface area (Å²) in [4.78, 5) is 12.2. The summed E-state index contributed by atoms with van der Waals surface area (Å²) in [5.74, 6) is 6.23. The van der Waals surface area contributed by atoms with Crippen molar-refractivity contribution in [2.75, 3.05) is 6.61 Å². The van der Waals surface area contributed by atoms with E-state index in [-0.39, 0.29) is 22.9 Å². The number of benzene rings is 2. The molecule has 4 aromatic carbocycles. The van der Waals surface area contributed by atoms with Crippen LogP contribution >= 0.6 is 0 Å². The molecule has 0 radical (unpaired) electrons. The topological polar surface area (TPSA) is 26.3 Å². The molecule has 0 saturated heterocycles. The first-order valence-corrected chi connectivity index (χ1v) is 8.87. The number of Topliss-reactive ketones (excluding diaryl/α,β-unsaturated/α-hetero) is 1. The van der Waals surface area contributed by atoms with Crippen molar-refractivity contribution < 1.29 is 26.6 Å². The standard InChI is InChI=1S/C20H15O2.C5H5.Fe/c1-2-22-19-11-10-16-13-18(9-8-17(16)14-19)20(21)12-7-15-5-3-4-6-15;1-2-4-5-3-1;/h3-6,8-11,13-14H,2H2,1H3;1-5H;/q2*-1;+2. The van der Waals surface area contributed by atoms with E-state index in [1.54, 1.807) is 6.07 Å². The molecule has 28 heavy (non-hydrogen) atoms. The average molecular weight is 408 g/mol. The van der Waals surface area contributed by atoms with Crippen molar-refractivity contribution in [3.8, 4) is 17.6 Å². The Morgan fingerprint density at radius 1 is 0.964 bits per heavy atom. The summed E-state index contributed by atoms with van der Waals surface area (Å²) < 4.78 is 5.48. The number of ether oxygens (including phenoxy) is 1. The fraction of sp³-hybridized carbons (Fsp3) is 0.0800. The summed E-state index contributed by atoms with van der Waals surface area (Å²) in [7, 11) is 0. The minimum absolute atomic E-state index is 0. The van der Waals surface area contributed by atoms with Crippen LogP contribution in [0.3, 0.4) is 0 Å². The van der Waals surface area contributed by atoms with Gasteiger partial charge in [-0.15, -0.1) is 11.6 Å². The molecule has 0 aliphatic rings. The molecule has 0 N–H and O–H groups in total. The van der Waals surface area contributed by atoms with E-state index in [0.29, 0.717) is 12.2 Å². The summed E-state index contributed by atoms with van der Waals surface area (Å²) in [6.07, 6.45) is 0. The molecular formula is C25H20FeO2. The molecule has 0 unspecified atom stereocenters. The minimum atomic E-state index is -0.169. The molecule has 0 spiro atoms. The molecule has 0 aromatic heterocycles. The molecule has 4 aromatic rings. The van der Waals surface area contributed by atoms with Gasteiger partial charge in [-0.1, -0.05) is 18.1 Å². The van der Waals surface area contributed by atoms with E-state index in [4.69, 9.17) is 4.74 Å². The van der Waals surface area contributed by atoms with Crippen molar-refractivity contribution in [2.24, 2.45) is 0 Å². The summed E-state index contributed by atoms with van der Waals surface area (Å²) in [5, 5.41) is 2.05. The van der Waals surface area contributed by atoms with Gasteiger partial charge < -0.3 is 4.74 Å². The maximum absolute atomic E-state index is 12.2. The molecule has 140 valence electrons. The van der Waals surface area contributed by atoms with Crippen LogP contribution in [0.5, 0.6) is 5.75 Å². The predicted octanol–water partition coefficient (Wildman–Crippen LogP) is 5.59. The smallest absolute Gasteiger partial charge is 0.494 e. The van der Waals surface area contributed by atoms with Crippen LogP contribution in [0.2, 0.25) is 0 Å². The van der Waals surface area contributed by atoms with Crippen molar-refractivity contribution in [1.82, 2.24) is 0 Å². The second kappa shape index (κ2) is 10.9. The van der Waals surface area contributed by atoms with Crippen LogP contribution in [0.15, 0.2) is 91.0 Å². The van der Waals surface area contributed by atoms with Crippen LogP contribution < -0.4 is 4.74 Å². The number of rotatable bonds is 3. The van der Waals surface area contributed by atoms with Crippen molar-refractivity contribution in [3.05, 3.63) is 102 Å². The van der Waals surface area contributed by atoms with E-state index in [9.17, 15) is 4.79 Å². The molecule has 0 amide bonds. The van der Waals surface area contributed by atoms with Crippen molar-refractivity contribution in [1.29, 1.82) is 0 Å². The minimum Gasteiger partial charge on any atom is -0.494 e. The Bertz CT molecular complexity index is 1030. The zero-order valence-electron chi connectivity index (χ0n) is 15.5. The van der Waals surface area contributed by atoms with Crippen molar-refractivity contribution >= 4 is 16.6 Å². The molecule has 0 aliphatic heterocycles. The Hall–Kier alpha value is -3.05. The molecule has 0 bridgehead atoms. The Labute approximate surface area is 176 Å². The van der Waals surface area contributed by atoms with Gasteiger partial charge in [-0.3, -0.25) is 4.79 Å². The van der Waals surface area contributed by atoms with Crippen LogP contribution in [-0.2, 0) is 17.1 Å². The Kier molecular flexibility index (Phi) is 8.31. The first-order valence-electron chi connectivity index (χ1n) is 8.87. The molecule has 2 nitrogen and oxygen atoms in total. The van der Waals surface area contributed by atoms with Crippen LogP contribution in [-0.4, -0.2) is 12.4 Å². The van der Waals surface area contributed by atoms with E-state index in [0.717, 1.165) is 22.1 Å². The van der Waals surface area contributed by atoms with Gasteiger partial charge in [-0.05, 0) is 42.0 Å². The summed E-state index contributed by atoms with van der Waals surface area (Å²) >= 11 is 0. The number of fused-ring (bicyclic) bond motifs is 1. The summed E-state index contributed by atoms with van der Waals surface area (Å²) in [5.41, 5.74) is 1.46.